The average Bonchev–Trinajstić information content (AvgIpc) is 2.42. The molecule has 0 saturated carbocycles. The maximum atomic E-state index is 12.0. The molecule has 0 bridgehead atoms. The normalized spacial score (nSPS) is 10.4. The van der Waals surface area contributed by atoms with E-state index in [9.17, 15) is 9.59 Å². The van der Waals surface area contributed by atoms with Crippen LogP contribution in [0.5, 0.6) is 0 Å². The number of ether oxygens (including phenoxy) is 2. The Labute approximate surface area is 123 Å². The third kappa shape index (κ3) is 5.15. The summed E-state index contributed by atoms with van der Waals surface area (Å²) in [5.74, 6) is 0. The van der Waals surface area contributed by atoms with Crippen LogP contribution in [0.2, 0.25) is 0 Å². The first-order chi connectivity index (χ1) is 9.76. The molecule has 0 unspecified atom stereocenters. The molecule has 6 heteroatoms. The number of hydrogen-bond acceptors (Lipinski definition) is 5. The fourth-order valence-corrected chi connectivity index (χ4v) is 1.50. The van der Waals surface area contributed by atoms with E-state index in [0.717, 1.165) is 4.90 Å². The molecule has 0 aliphatic heterocycles. The molecule has 1 aromatic rings. The van der Waals surface area contributed by atoms with Crippen molar-refractivity contribution in [3.8, 4) is 6.07 Å². The lowest BCUT2D eigenvalue weighted by atomic mass is 10.1. The van der Waals surface area contributed by atoms with Gasteiger partial charge in [0.1, 0.15) is 5.60 Å². The van der Waals surface area contributed by atoms with Crippen LogP contribution >= 0.6 is 0 Å². The maximum absolute atomic E-state index is 12.0. The summed E-state index contributed by atoms with van der Waals surface area (Å²) in [5, 5.41) is 8.74. The summed E-state index contributed by atoms with van der Waals surface area (Å²) in [6.45, 7) is 5.14. The molecule has 0 spiro atoms. The summed E-state index contributed by atoms with van der Waals surface area (Å²) in [6, 6.07) is 8.55. The molecular weight excluding hydrogens is 272 g/mol. The van der Waals surface area contributed by atoms with Crippen molar-refractivity contribution in [3.63, 3.8) is 0 Å². The minimum atomic E-state index is -0.798. The van der Waals surface area contributed by atoms with Crippen molar-refractivity contribution >= 4 is 12.2 Å². The topological polar surface area (TPSA) is 79.6 Å². The molecule has 0 aliphatic carbocycles. The van der Waals surface area contributed by atoms with Gasteiger partial charge in [0.15, 0.2) is 0 Å². The molecule has 0 aliphatic rings. The molecule has 0 heterocycles. The van der Waals surface area contributed by atoms with E-state index in [0.29, 0.717) is 11.1 Å². The van der Waals surface area contributed by atoms with E-state index in [1.54, 1.807) is 45.0 Å². The lowest BCUT2D eigenvalue weighted by Crippen LogP contribution is -2.40. The van der Waals surface area contributed by atoms with Crippen LogP contribution in [0.3, 0.4) is 0 Å². The molecule has 2 amide bonds. The number of methoxy groups -OCH3 is 1. The van der Waals surface area contributed by atoms with Gasteiger partial charge in [0.2, 0.25) is 0 Å². The van der Waals surface area contributed by atoms with Crippen LogP contribution in [-0.4, -0.2) is 29.8 Å². The number of imide groups is 1. The van der Waals surface area contributed by atoms with Gasteiger partial charge in [-0.05, 0) is 38.5 Å². The Kier molecular flexibility index (Phi) is 5.30. The largest absolute Gasteiger partial charge is 0.452 e. The second-order valence-electron chi connectivity index (χ2n) is 5.35. The molecule has 0 atom stereocenters. The van der Waals surface area contributed by atoms with Crippen LogP contribution in [0, 0.1) is 11.3 Å². The molecule has 1 aromatic carbocycles. The minimum absolute atomic E-state index is 0.00724. The van der Waals surface area contributed by atoms with E-state index in [1.807, 2.05) is 6.07 Å². The van der Waals surface area contributed by atoms with Gasteiger partial charge in [-0.3, -0.25) is 0 Å². The van der Waals surface area contributed by atoms with Crippen molar-refractivity contribution in [2.24, 2.45) is 0 Å². The number of carbonyl (C=O) groups is 2. The summed E-state index contributed by atoms with van der Waals surface area (Å²) in [7, 11) is 1.19. The maximum Gasteiger partial charge on any atom is 0.420 e. The predicted molar refractivity (Wildman–Crippen MR) is 75.3 cm³/mol. The summed E-state index contributed by atoms with van der Waals surface area (Å²) in [4.78, 5) is 24.6. The van der Waals surface area contributed by atoms with E-state index < -0.39 is 17.8 Å². The Morgan fingerprint density at radius 3 is 2.19 bits per heavy atom. The zero-order valence-corrected chi connectivity index (χ0v) is 12.5. The Morgan fingerprint density at radius 2 is 1.76 bits per heavy atom. The van der Waals surface area contributed by atoms with Gasteiger partial charge in [-0.25, -0.2) is 14.5 Å². The van der Waals surface area contributed by atoms with Crippen LogP contribution < -0.4 is 0 Å². The highest BCUT2D eigenvalue weighted by atomic mass is 16.6. The Balaban J connectivity index is 2.90. The molecule has 21 heavy (non-hydrogen) atoms. The number of nitriles is 1. The second kappa shape index (κ2) is 6.75. The number of nitrogens with zero attached hydrogens (tertiary/aromatic N) is 2. The highest BCUT2D eigenvalue weighted by Gasteiger charge is 2.28. The zero-order valence-electron chi connectivity index (χ0n) is 12.5. The lowest BCUT2D eigenvalue weighted by Gasteiger charge is -2.25. The Morgan fingerprint density at radius 1 is 1.19 bits per heavy atom. The van der Waals surface area contributed by atoms with Crippen molar-refractivity contribution in [1.82, 2.24) is 4.90 Å². The predicted octanol–water partition coefficient (Wildman–Crippen LogP) is 3.06. The zero-order chi connectivity index (χ0) is 16.0. The fourth-order valence-electron chi connectivity index (χ4n) is 1.50. The first-order valence-corrected chi connectivity index (χ1v) is 6.34. The number of amides is 2. The first kappa shape index (κ1) is 16.5. The number of carbonyl (C=O) groups excluding carboxylic acids is 2. The van der Waals surface area contributed by atoms with Crippen LogP contribution in [0.15, 0.2) is 24.3 Å². The van der Waals surface area contributed by atoms with Crippen molar-refractivity contribution in [3.05, 3.63) is 35.4 Å². The van der Waals surface area contributed by atoms with Crippen molar-refractivity contribution in [1.29, 1.82) is 5.26 Å². The van der Waals surface area contributed by atoms with Crippen LogP contribution in [-0.2, 0) is 16.0 Å². The van der Waals surface area contributed by atoms with Gasteiger partial charge in [-0.2, -0.15) is 5.26 Å². The van der Waals surface area contributed by atoms with Crippen molar-refractivity contribution in [2.75, 3.05) is 7.11 Å². The molecular formula is C15H18N2O4. The van der Waals surface area contributed by atoms with Crippen LogP contribution in [0.1, 0.15) is 31.9 Å². The van der Waals surface area contributed by atoms with Gasteiger partial charge in [-0.1, -0.05) is 12.1 Å². The summed E-state index contributed by atoms with van der Waals surface area (Å²) >= 11 is 0. The third-order valence-electron chi connectivity index (χ3n) is 2.43. The molecule has 0 saturated heterocycles. The SMILES string of the molecule is COC(=O)N(Cc1ccc(C#N)cc1)C(=O)OC(C)(C)C. The highest BCUT2D eigenvalue weighted by molar-refractivity contribution is 5.87. The quantitative estimate of drug-likeness (QED) is 0.836. The second-order valence-corrected chi connectivity index (χ2v) is 5.35. The lowest BCUT2D eigenvalue weighted by molar-refractivity contribution is 0.0231. The Bertz CT molecular complexity index is 553. The molecule has 112 valence electrons. The molecule has 1 rings (SSSR count). The molecule has 0 radical (unpaired) electrons. The minimum Gasteiger partial charge on any atom is -0.452 e. The smallest absolute Gasteiger partial charge is 0.420 e. The van der Waals surface area contributed by atoms with E-state index >= 15 is 0 Å². The van der Waals surface area contributed by atoms with E-state index in [2.05, 4.69) is 4.74 Å². The van der Waals surface area contributed by atoms with Gasteiger partial charge in [0.25, 0.3) is 0 Å². The average molecular weight is 290 g/mol. The fraction of sp³-hybridized carbons (Fsp3) is 0.400. The molecule has 0 aromatic heterocycles. The van der Waals surface area contributed by atoms with Crippen molar-refractivity contribution < 1.29 is 19.1 Å². The Hall–Kier alpha value is -2.55. The standard InChI is InChI=1S/C15H18N2O4/c1-15(2,3)21-14(19)17(13(18)20-4)10-12-7-5-11(9-16)6-8-12/h5-8H,10H2,1-4H3. The highest BCUT2D eigenvalue weighted by Crippen LogP contribution is 2.14. The molecule has 0 fully saturated rings. The first-order valence-electron chi connectivity index (χ1n) is 6.34. The summed E-state index contributed by atoms with van der Waals surface area (Å²) in [6.07, 6.45) is -1.58. The van der Waals surface area contributed by atoms with Crippen LogP contribution in [0.25, 0.3) is 0 Å². The summed E-state index contributed by atoms with van der Waals surface area (Å²) < 4.78 is 9.77. The van der Waals surface area contributed by atoms with Crippen molar-refractivity contribution in [2.45, 2.75) is 32.9 Å². The van der Waals surface area contributed by atoms with E-state index in [-0.39, 0.29) is 6.54 Å². The third-order valence-corrected chi connectivity index (χ3v) is 2.43. The molecule has 6 nitrogen and oxygen atoms in total. The summed E-state index contributed by atoms with van der Waals surface area (Å²) in [5.41, 5.74) is 0.472. The van der Waals surface area contributed by atoms with Gasteiger partial charge in [-0.15, -0.1) is 0 Å². The molecule has 0 N–H and O–H groups in total. The van der Waals surface area contributed by atoms with E-state index in [1.165, 1.54) is 7.11 Å². The number of benzene rings is 1. The van der Waals surface area contributed by atoms with E-state index in [4.69, 9.17) is 10.00 Å². The van der Waals surface area contributed by atoms with Gasteiger partial charge < -0.3 is 9.47 Å². The van der Waals surface area contributed by atoms with Gasteiger partial charge in [0, 0.05) is 0 Å². The monoisotopic (exact) mass is 290 g/mol. The van der Waals surface area contributed by atoms with Crippen LogP contribution in [0.4, 0.5) is 9.59 Å². The van der Waals surface area contributed by atoms with Gasteiger partial charge >= 0.3 is 12.2 Å². The number of hydrogen-bond donors (Lipinski definition) is 0. The van der Waals surface area contributed by atoms with Gasteiger partial charge in [0.05, 0.1) is 25.3 Å². The number of rotatable bonds is 2.